The summed E-state index contributed by atoms with van der Waals surface area (Å²) in [7, 11) is -1.58. The Morgan fingerprint density at radius 2 is 1.83 bits per heavy atom. The molecule has 0 amide bonds. The quantitative estimate of drug-likeness (QED) is 0.379. The average molecular weight is 362 g/mol. The molecule has 0 saturated carbocycles. The van der Waals surface area contributed by atoms with Crippen LogP contribution in [0.3, 0.4) is 0 Å². The van der Waals surface area contributed by atoms with Gasteiger partial charge in [-0.1, -0.05) is 26.0 Å². The fourth-order valence-corrected chi connectivity index (χ4v) is 3.44. The lowest BCUT2D eigenvalue weighted by Crippen LogP contribution is -2.56. The molecule has 0 saturated heterocycles. The summed E-state index contributed by atoms with van der Waals surface area (Å²) in [4.78, 5) is 9.74. The van der Waals surface area contributed by atoms with E-state index in [9.17, 15) is 23.6 Å². The molecule has 10 heteroatoms. The molecule has 0 radical (unpaired) electrons. The van der Waals surface area contributed by atoms with Crippen LogP contribution in [0.15, 0.2) is 29.2 Å². The fraction of sp³-hybridized carbons (Fsp3) is 0.571. The summed E-state index contributed by atoms with van der Waals surface area (Å²) in [5.74, 6) is -0.421. The minimum absolute atomic E-state index is 0.421. The van der Waals surface area contributed by atoms with Gasteiger partial charge in [0.1, 0.15) is 5.60 Å². The van der Waals surface area contributed by atoms with E-state index >= 15 is 0 Å². The number of rotatable bonds is 9. The topological polar surface area (TPSA) is 128 Å². The van der Waals surface area contributed by atoms with E-state index in [1.807, 2.05) is 0 Å². The van der Waals surface area contributed by atoms with Gasteiger partial charge in [0, 0.05) is 26.8 Å². The molecule has 0 aliphatic rings. The van der Waals surface area contributed by atoms with Crippen LogP contribution >= 0.6 is 0 Å². The van der Waals surface area contributed by atoms with Gasteiger partial charge in [-0.2, -0.15) is 0 Å². The van der Waals surface area contributed by atoms with Crippen molar-refractivity contribution in [1.82, 2.24) is 4.72 Å². The molecule has 1 atom stereocenters. The SMILES string of the molecule is COC(OC)[C@](O)(CNS(=O)(=O)c1ccccc1[N+](=O)[O-])C(C)C. The monoisotopic (exact) mass is 362 g/mol. The molecule has 0 aliphatic heterocycles. The lowest BCUT2D eigenvalue weighted by atomic mass is 9.89. The number of sulfonamides is 1. The van der Waals surface area contributed by atoms with E-state index in [0.717, 1.165) is 12.1 Å². The highest BCUT2D eigenvalue weighted by atomic mass is 32.2. The van der Waals surface area contributed by atoms with Gasteiger partial charge in [0.15, 0.2) is 11.2 Å². The molecule has 0 aromatic heterocycles. The first-order valence-corrected chi connectivity index (χ1v) is 8.59. The molecule has 1 aromatic carbocycles. The maximum Gasteiger partial charge on any atom is 0.289 e. The molecule has 9 nitrogen and oxygen atoms in total. The number of hydrogen-bond donors (Lipinski definition) is 2. The van der Waals surface area contributed by atoms with Gasteiger partial charge in [-0.25, -0.2) is 13.1 Å². The number of para-hydroxylation sites is 1. The molecule has 0 heterocycles. The van der Waals surface area contributed by atoms with Crippen molar-refractivity contribution in [2.45, 2.75) is 30.6 Å². The molecule has 0 fully saturated rings. The Labute approximate surface area is 140 Å². The molecule has 24 heavy (non-hydrogen) atoms. The third kappa shape index (κ3) is 4.28. The van der Waals surface area contributed by atoms with E-state index in [0.29, 0.717) is 0 Å². The first-order valence-electron chi connectivity index (χ1n) is 7.11. The number of benzene rings is 1. The fourth-order valence-electron chi connectivity index (χ4n) is 2.19. The van der Waals surface area contributed by atoms with Crippen molar-refractivity contribution in [3.05, 3.63) is 34.4 Å². The van der Waals surface area contributed by atoms with Crippen LogP contribution in [0.4, 0.5) is 5.69 Å². The number of hydrogen-bond acceptors (Lipinski definition) is 7. The van der Waals surface area contributed by atoms with Gasteiger partial charge in [-0.05, 0) is 12.0 Å². The van der Waals surface area contributed by atoms with E-state index in [2.05, 4.69) is 4.72 Å². The molecule has 136 valence electrons. The zero-order valence-electron chi connectivity index (χ0n) is 13.9. The maximum atomic E-state index is 12.4. The minimum Gasteiger partial charge on any atom is -0.383 e. The first-order chi connectivity index (χ1) is 11.1. The van der Waals surface area contributed by atoms with Gasteiger partial charge in [-0.15, -0.1) is 0 Å². The van der Waals surface area contributed by atoms with Crippen molar-refractivity contribution in [2.75, 3.05) is 20.8 Å². The van der Waals surface area contributed by atoms with Crippen LogP contribution in [-0.2, 0) is 19.5 Å². The van der Waals surface area contributed by atoms with Crippen LogP contribution in [0.1, 0.15) is 13.8 Å². The summed E-state index contributed by atoms with van der Waals surface area (Å²) in [6, 6.07) is 4.96. The Bertz CT molecular complexity index is 673. The third-order valence-corrected chi connectivity index (χ3v) is 5.18. The normalized spacial score (nSPS) is 14.8. The number of methoxy groups -OCH3 is 2. The van der Waals surface area contributed by atoms with Crippen molar-refractivity contribution in [1.29, 1.82) is 0 Å². The smallest absolute Gasteiger partial charge is 0.289 e. The second-order valence-corrected chi connectivity index (χ2v) is 7.23. The molecule has 0 spiro atoms. The van der Waals surface area contributed by atoms with Crippen molar-refractivity contribution < 1.29 is 27.9 Å². The van der Waals surface area contributed by atoms with Crippen molar-refractivity contribution in [3.63, 3.8) is 0 Å². The van der Waals surface area contributed by atoms with Gasteiger partial charge < -0.3 is 14.6 Å². The number of nitrogens with one attached hydrogen (secondary N) is 1. The van der Waals surface area contributed by atoms with E-state index < -0.39 is 49.9 Å². The molecular formula is C14H22N2O7S. The molecule has 1 rings (SSSR count). The van der Waals surface area contributed by atoms with E-state index in [4.69, 9.17) is 9.47 Å². The largest absolute Gasteiger partial charge is 0.383 e. The molecule has 0 aliphatic carbocycles. The van der Waals surface area contributed by atoms with Crippen LogP contribution < -0.4 is 4.72 Å². The molecular weight excluding hydrogens is 340 g/mol. The number of nitro groups is 1. The Kier molecular flexibility index (Phi) is 6.81. The Hall–Kier alpha value is -1.59. The highest BCUT2D eigenvalue weighted by molar-refractivity contribution is 7.89. The summed E-state index contributed by atoms with van der Waals surface area (Å²) in [5, 5.41) is 21.7. The van der Waals surface area contributed by atoms with Crippen LogP contribution in [0.25, 0.3) is 0 Å². The van der Waals surface area contributed by atoms with Crippen molar-refractivity contribution in [3.8, 4) is 0 Å². The van der Waals surface area contributed by atoms with E-state index in [1.165, 1.54) is 26.4 Å². The summed E-state index contributed by atoms with van der Waals surface area (Å²) < 4.78 is 37.1. The summed E-state index contributed by atoms with van der Waals surface area (Å²) in [6.45, 7) is 2.90. The number of nitro benzene ring substituents is 1. The predicted molar refractivity (Wildman–Crippen MR) is 85.9 cm³/mol. The highest BCUT2D eigenvalue weighted by Gasteiger charge is 2.42. The number of nitrogens with zero attached hydrogens (tertiary/aromatic N) is 1. The van der Waals surface area contributed by atoms with Crippen LogP contribution in [-0.4, -0.2) is 51.1 Å². The molecule has 0 bridgehead atoms. The summed E-state index contributed by atoms with van der Waals surface area (Å²) >= 11 is 0. The second-order valence-electron chi connectivity index (χ2n) is 5.50. The average Bonchev–Trinajstić information content (AvgIpc) is 2.54. The Balaban J connectivity index is 3.13. The molecule has 0 unspecified atom stereocenters. The standard InChI is InChI=1S/C14H22N2O7S/c1-10(2)14(17,13(22-3)23-4)9-15-24(20,21)12-8-6-5-7-11(12)16(18)19/h5-8,10,13,15,17H,9H2,1-4H3/t14-/m0/s1. The predicted octanol–water partition coefficient (Wildman–Crippen LogP) is 0.879. The minimum atomic E-state index is -4.22. The van der Waals surface area contributed by atoms with Crippen LogP contribution in [0.2, 0.25) is 0 Å². The number of ether oxygens (including phenoxy) is 2. The van der Waals surface area contributed by atoms with Gasteiger partial charge in [0.05, 0.1) is 4.92 Å². The third-order valence-electron chi connectivity index (χ3n) is 3.73. The van der Waals surface area contributed by atoms with Gasteiger partial charge >= 0.3 is 0 Å². The van der Waals surface area contributed by atoms with Gasteiger partial charge in [0.2, 0.25) is 10.0 Å². The van der Waals surface area contributed by atoms with Crippen molar-refractivity contribution in [2.24, 2.45) is 5.92 Å². The zero-order valence-corrected chi connectivity index (χ0v) is 14.7. The van der Waals surface area contributed by atoms with E-state index in [1.54, 1.807) is 13.8 Å². The summed E-state index contributed by atoms with van der Waals surface area (Å²) in [5.41, 5.74) is -2.21. The van der Waals surface area contributed by atoms with Crippen LogP contribution in [0, 0.1) is 16.0 Å². The Morgan fingerprint density at radius 1 is 1.29 bits per heavy atom. The van der Waals surface area contributed by atoms with Gasteiger partial charge in [-0.3, -0.25) is 10.1 Å². The highest BCUT2D eigenvalue weighted by Crippen LogP contribution is 2.26. The van der Waals surface area contributed by atoms with Gasteiger partial charge in [0.25, 0.3) is 5.69 Å². The molecule has 1 aromatic rings. The number of aliphatic hydroxyl groups is 1. The Morgan fingerprint density at radius 3 is 2.29 bits per heavy atom. The van der Waals surface area contributed by atoms with Crippen molar-refractivity contribution >= 4 is 15.7 Å². The molecule has 2 N–H and O–H groups in total. The first kappa shape index (κ1) is 20.5. The zero-order chi connectivity index (χ0) is 18.5. The lowest BCUT2D eigenvalue weighted by Gasteiger charge is -2.37. The lowest BCUT2D eigenvalue weighted by molar-refractivity contribution is -0.387. The van der Waals surface area contributed by atoms with Crippen LogP contribution in [0.5, 0.6) is 0 Å². The maximum absolute atomic E-state index is 12.4. The second kappa shape index (κ2) is 7.99. The van der Waals surface area contributed by atoms with E-state index in [-0.39, 0.29) is 0 Å². The summed E-state index contributed by atoms with van der Waals surface area (Å²) in [6.07, 6.45) is -1.08.